The van der Waals surface area contributed by atoms with Gasteiger partial charge in [-0.3, -0.25) is 4.90 Å². The molecule has 102 valence electrons. The van der Waals surface area contributed by atoms with Crippen molar-refractivity contribution in [3.63, 3.8) is 0 Å². The number of fused-ring (bicyclic) bond motifs is 1. The van der Waals surface area contributed by atoms with Crippen LogP contribution in [0.25, 0.3) is 5.65 Å². The van der Waals surface area contributed by atoms with Crippen LogP contribution < -0.4 is 5.32 Å². The Hall–Kier alpha value is -1.39. The fourth-order valence-electron chi connectivity index (χ4n) is 2.91. The molecule has 0 spiro atoms. The molecular weight excluding hydrogens is 236 g/mol. The number of aryl methyl sites for hydroxylation is 1. The molecule has 2 unspecified atom stereocenters. The number of pyridine rings is 1. The Kier molecular flexibility index (Phi) is 3.29. The van der Waals surface area contributed by atoms with E-state index in [1.807, 2.05) is 6.20 Å². The minimum absolute atomic E-state index is 0.566. The van der Waals surface area contributed by atoms with Gasteiger partial charge in [-0.05, 0) is 32.9 Å². The zero-order valence-corrected chi connectivity index (χ0v) is 11.9. The van der Waals surface area contributed by atoms with E-state index in [-0.39, 0.29) is 0 Å². The van der Waals surface area contributed by atoms with Gasteiger partial charge in [-0.2, -0.15) is 0 Å². The Morgan fingerprint density at radius 2 is 2.21 bits per heavy atom. The maximum atomic E-state index is 4.51. The topological polar surface area (TPSA) is 32.6 Å². The fourth-order valence-corrected chi connectivity index (χ4v) is 2.91. The number of nitrogens with zero attached hydrogens (tertiary/aromatic N) is 3. The highest BCUT2D eigenvalue weighted by Gasteiger charge is 2.23. The number of hydrogen-bond donors (Lipinski definition) is 1. The molecule has 3 rings (SSSR count). The van der Waals surface area contributed by atoms with E-state index in [9.17, 15) is 0 Å². The van der Waals surface area contributed by atoms with E-state index in [1.165, 1.54) is 11.4 Å². The maximum Gasteiger partial charge on any atom is 0.137 e. The monoisotopic (exact) mass is 258 g/mol. The molecule has 0 aromatic carbocycles. The third-order valence-corrected chi connectivity index (χ3v) is 4.06. The van der Waals surface area contributed by atoms with Crippen LogP contribution >= 0.6 is 0 Å². The summed E-state index contributed by atoms with van der Waals surface area (Å²) in [4.78, 5) is 7.05. The quantitative estimate of drug-likeness (QED) is 0.892. The Bertz CT molecular complexity index is 575. The molecule has 2 aromatic heterocycles. The number of rotatable bonds is 2. The first-order valence-corrected chi connectivity index (χ1v) is 7.04. The highest BCUT2D eigenvalue weighted by Crippen LogP contribution is 2.15. The molecule has 2 atom stereocenters. The first kappa shape index (κ1) is 12.6. The lowest BCUT2D eigenvalue weighted by molar-refractivity contribution is 0.137. The molecule has 3 heterocycles. The molecule has 0 bridgehead atoms. The van der Waals surface area contributed by atoms with Gasteiger partial charge in [0.15, 0.2) is 0 Å². The molecule has 1 N–H and O–H groups in total. The maximum absolute atomic E-state index is 4.51. The summed E-state index contributed by atoms with van der Waals surface area (Å²) >= 11 is 0. The zero-order chi connectivity index (χ0) is 13.4. The molecular formula is C15H22N4. The lowest BCUT2D eigenvalue weighted by Crippen LogP contribution is -2.53. The molecule has 1 aliphatic rings. The predicted molar refractivity (Wildman–Crippen MR) is 77.3 cm³/mol. The van der Waals surface area contributed by atoms with Crippen molar-refractivity contribution < 1.29 is 0 Å². The van der Waals surface area contributed by atoms with E-state index in [0.29, 0.717) is 12.1 Å². The van der Waals surface area contributed by atoms with Gasteiger partial charge >= 0.3 is 0 Å². The van der Waals surface area contributed by atoms with Gasteiger partial charge in [0.1, 0.15) is 5.65 Å². The molecule has 0 aliphatic carbocycles. The van der Waals surface area contributed by atoms with Gasteiger partial charge in [-0.1, -0.05) is 6.07 Å². The lowest BCUT2D eigenvalue weighted by atomic mass is 10.1. The van der Waals surface area contributed by atoms with Gasteiger partial charge in [-0.25, -0.2) is 4.98 Å². The largest absolute Gasteiger partial charge is 0.311 e. The Morgan fingerprint density at radius 3 is 3.05 bits per heavy atom. The normalized spacial score (nSPS) is 25.0. The Labute approximate surface area is 114 Å². The van der Waals surface area contributed by atoms with E-state index in [4.69, 9.17) is 0 Å². The molecule has 0 amide bonds. The Balaban J connectivity index is 1.89. The summed E-state index contributed by atoms with van der Waals surface area (Å²) < 4.78 is 2.26. The second-order valence-electron chi connectivity index (χ2n) is 5.70. The molecule has 4 heteroatoms. The molecule has 4 nitrogen and oxygen atoms in total. The van der Waals surface area contributed by atoms with Crippen LogP contribution in [0.5, 0.6) is 0 Å². The summed E-state index contributed by atoms with van der Waals surface area (Å²) in [6.07, 6.45) is 2.02. The summed E-state index contributed by atoms with van der Waals surface area (Å²) in [5, 5.41) is 3.53. The zero-order valence-electron chi connectivity index (χ0n) is 11.9. The molecule has 1 saturated heterocycles. The lowest BCUT2D eigenvalue weighted by Gasteiger charge is -2.37. The van der Waals surface area contributed by atoms with Crippen LogP contribution in [0.1, 0.15) is 25.2 Å². The number of nitrogens with one attached hydrogen (secondary N) is 1. The number of imidazole rings is 1. The molecule has 1 fully saturated rings. The summed E-state index contributed by atoms with van der Waals surface area (Å²) in [6, 6.07) is 7.42. The van der Waals surface area contributed by atoms with Gasteiger partial charge < -0.3 is 9.72 Å². The van der Waals surface area contributed by atoms with Crippen molar-refractivity contribution in [1.82, 2.24) is 19.6 Å². The van der Waals surface area contributed by atoms with Gasteiger partial charge in [0.25, 0.3) is 0 Å². The van der Waals surface area contributed by atoms with Crippen LogP contribution in [-0.4, -0.2) is 39.5 Å². The van der Waals surface area contributed by atoms with Crippen molar-refractivity contribution in [3.8, 4) is 0 Å². The van der Waals surface area contributed by atoms with Crippen LogP contribution in [0.15, 0.2) is 24.4 Å². The van der Waals surface area contributed by atoms with Crippen LogP contribution in [0, 0.1) is 6.92 Å². The van der Waals surface area contributed by atoms with Crippen LogP contribution in [-0.2, 0) is 6.54 Å². The van der Waals surface area contributed by atoms with E-state index in [1.54, 1.807) is 0 Å². The van der Waals surface area contributed by atoms with Gasteiger partial charge in [0.2, 0.25) is 0 Å². The van der Waals surface area contributed by atoms with Gasteiger partial charge in [0.05, 0.1) is 11.9 Å². The first-order valence-electron chi connectivity index (χ1n) is 7.04. The fraction of sp³-hybridized carbons (Fsp3) is 0.533. The average molecular weight is 258 g/mol. The first-order chi connectivity index (χ1) is 9.15. The van der Waals surface area contributed by atoms with E-state index >= 15 is 0 Å². The van der Waals surface area contributed by atoms with Crippen molar-refractivity contribution in [2.75, 3.05) is 13.1 Å². The summed E-state index contributed by atoms with van der Waals surface area (Å²) in [7, 11) is 0. The van der Waals surface area contributed by atoms with Crippen molar-refractivity contribution in [2.45, 2.75) is 39.4 Å². The molecule has 1 aliphatic heterocycles. The second kappa shape index (κ2) is 4.94. The summed E-state index contributed by atoms with van der Waals surface area (Å²) in [5.74, 6) is 0. The van der Waals surface area contributed by atoms with Crippen LogP contribution in [0.2, 0.25) is 0 Å². The highest BCUT2D eigenvalue weighted by atomic mass is 15.2. The minimum Gasteiger partial charge on any atom is -0.311 e. The Morgan fingerprint density at radius 1 is 1.37 bits per heavy atom. The number of piperazine rings is 1. The number of hydrogen-bond acceptors (Lipinski definition) is 3. The van der Waals surface area contributed by atoms with Gasteiger partial charge in [0, 0.05) is 37.4 Å². The minimum atomic E-state index is 0.566. The van der Waals surface area contributed by atoms with E-state index in [0.717, 1.165) is 25.3 Å². The third kappa shape index (κ3) is 2.38. The van der Waals surface area contributed by atoms with E-state index in [2.05, 4.69) is 58.6 Å². The molecule has 0 saturated carbocycles. The van der Waals surface area contributed by atoms with Crippen LogP contribution in [0.4, 0.5) is 0 Å². The SMILES string of the molecule is Cc1cccc2ncc(CN3CC(C)NCC3C)n12. The van der Waals surface area contributed by atoms with Crippen molar-refractivity contribution in [3.05, 3.63) is 35.8 Å². The molecule has 2 aromatic rings. The smallest absolute Gasteiger partial charge is 0.137 e. The van der Waals surface area contributed by atoms with Crippen molar-refractivity contribution in [2.24, 2.45) is 0 Å². The molecule has 0 radical (unpaired) electrons. The summed E-state index contributed by atoms with van der Waals surface area (Å²) in [5.41, 5.74) is 3.58. The summed E-state index contributed by atoms with van der Waals surface area (Å²) in [6.45, 7) is 9.81. The predicted octanol–water partition coefficient (Wildman–Crippen LogP) is 1.82. The second-order valence-corrected chi connectivity index (χ2v) is 5.70. The average Bonchev–Trinajstić information content (AvgIpc) is 2.79. The van der Waals surface area contributed by atoms with Gasteiger partial charge in [-0.15, -0.1) is 0 Å². The van der Waals surface area contributed by atoms with Crippen LogP contribution in [0.3, 0.4) is 0 Å². The van der Waals surface area contributed by atoms with Crippen molar-refractivity contribution >= 4 is 5.65 Å². The van der Waals surface area contributed by atoms with E-state index < -0.39 is 0 Å². The standard InChI is InChI=1S/C15H22N4/c1-11-9-18(13(3)7-16-11)10-14-8-17-15-6-4-5-12(2)19(14)15/h4-6,8,11,13,16H,7,9-10H2,1-3H3. The number of aromatic nitrogens is 2. The highest BCUT2D eigenvalue weighted by molar-refractivity contribution is 5.42. The third-order valence-electron chi connectivity index (χ3n) is 4.06. The van der Waals surface area contributed by atoms with Crippen molar-refractivity contribution in [1.29, 1.82) is 0 Å². The molecule has 19 heavy (non-hydrogen) atoms.